The fourth-order valence-electron chi connectivity index (χ4n) is 1.87. The van der Waals surface area contributed by atoms with E-state index in [0.717, 1.165) is 10.7 Å². The topological polar surface area (TPSA) is 24.9 Å². The van der Waals surface area contributed by atoms with Crippen LogP contribution < -0.4 is 5.32 Å². The molecular weight excluding hydrogens is 240 g/mol. The molecule has 0 saturated heterocycles. The third kappa shape index (κ3) is 2.47. The van der Waals surface area contributed by atoms with Crippen LogP contribution in [0.1, 0.15) is 30.7 Å². The van der Waals surface area contributed by atoms with Crippen LogP contribution in [0.15, 0.2) is 23.6 Å². The van der Waals surface area contributed by atoms with E-state index >= 15 is 0 Å². The van der Waals surface area contributed by atoms with Gasteiger partial charge in [-0.2, -0.15) is 0 Å². The summed E-state index contributed by atoms with van der Waals surface area (Å²) < 4.78 is 0. The van der Waals surface area contributed by atoms with Crippen molar-refractivity contribution in [2.75, 3.05) is 7.05 Å². The van der Waals surface area contributed by atoms with E-state index in [0.29, 0.717) is 0 Å². The summed E-state index contributed by atoms with van der Waals surface area (Å²) in [5, 5.41) is 6.54. The summed E-state index contributed by atoms with van der Waals surface area (Å²) in [6.45, 7) is 8.56. The van der Waals surface area contributed by atoms with Gasteiger partial charge in [-0.1, -0.05) is 23.8 Å². The van der Waals surface area contributed by atoms with E-state index in [1.807, 2.05) is 7.05 Å². The summed E-state index contributed by atoms with van der Waals surface area (Å²) in [5.74, 6) is 0. The first-order chi connectivity index (χ1) is 8.44. The van der Waals surface area contributed by atoms with Crippen molar-refractivity contribution in [1.29, 1.82) is 0 Å². The van der Waals surface area contributed by atoms with Crippen molar-refractivity contribution in [2.24, 2.45) is 0 Å². The number of hydrogen-bond acceptors (Lipinski definition) is 3. The number of nitrogens with zero attached hydrogens (tertiary/aromatic N) is 1. The Hall–Kier alpha value is -1.19. The van der Waals surface area contributed by atoms with E-state index in [9.17, 15) is 0 Å². The van der Waals surface area contributed by atoms with Gasteiger partial charge in [-0.3, -0.25) is 0 Å². The third-order valence-corrected chi connectivity index (χ3v) is 4.26. The molecule has 0 bridgehead atoms. The number of benzene rings is 1. The normalized spacial score (nSPS) is 11.8. The number of aromatic nitrogens is 1. The van der Waals surface area contributed by atoms with E-state index < -0.39 is 0 Å². The molecule has 0 amide bonds. The van der Waals surface area contributed by atoms with E-state index in [4.69, 9.17) is 4.98 Å². The van der Waals surface area contributed by atoms with Crippen molar-refractivity contribution >= 4 is 11.3 Å². The SMILES string of the molecule is CNC(C)(C)c1csc(-c2ccc(C)cc2C)n1. The highest BCUT2D eigenvalue weighted by atomic mass is 32.1. The van der Waals surface area contributed by atoms with Crippen LogP contribution in [0.2, 0.25) is 0 Å². The second-order valence-corrected chi connectivity index (χ2v) is 6.09. The summed E-state index contributed by atoms with van der Waals surface area (Å²) in [6, 6.07) is 6.52. The van der Waals surface area contributed by atoms with Gasteiger partial charge in [-0.25, -0.2) is 4.98 Å². The van der Waals surface area contributed by atoms with Crippen molar-refractivity contribution < 1.29 is 0 Å². The van der Waals surface area contributed by atoms with Crippen molar-refractivity contribution in [3.8, 4) is 10.6 Å². The number of aryl methyl sites for hydroxylation is 2. The average molecular weight is 260 g/mol. The quantitative estimate of drug-likeness (QED) is 0.906. The fourth-order valence-corrected chi connectivity index (χ4v) is 2.94. The Balaban J connectivity index is 2.41. The smallest absolute Gasteiger partial charge is 0.123 e. The first kappa shape index (κ1) is 13.2. The monoisotopic (exact) mass is 260 g/mol. The van der Waals surface area contributed by atoms with Crippen LogP contribution in [0.4, 0.5) is 0 Å². The fraction of sp³-hybridized carbons (Fsp3) is 0.400. The van der Waals surface area contributed by atoms with Crippen LogP contribution in [0.3, 0.4) is 0 Å². The third-order valence-electron chi connectivity index (χ3n) is 3.38. The van der Waals surface area contributed by atoms with Gasteiger partial charge in [-0.05, 0) is 40.3 Å². The molecule has 0 aliphatic carbocycles. The Bertz CT molecular complexity index is 555. The minimum absolute atomic E-state index is 0.0760. The van der Waals surface area contributed by atoms with Crippen LogP contribution in [-0.2, 0) is 5.54 Å². The molecule has 3 heteroatoms. The Morgan fingerprint density at radius 1 is 1.22 bits per heavy atom. The minimum atomic E-state index is -0.0760. The molecule has 0 aliphatic rings. The van der Waals surface area contributed by atoms with Gasteiger partial charge in [0.1, 0.15) is 5.01 Å². The van der Waals surface area contributed by atoms with Crippen molar-refractivity contribution in [1.82, 2.24) is 10.3 Å². The summed E-state index contributed by atoms with van der Waals surface area (Å²) in [6.07, 6.45) is 0. The second kappa shape index (κ2) is 4.82. The minimum Gasteiger partial charge on any atom is -0.310 e. The number of thiazole rings is 1. The maximum absolute atomic E-state index is 4.77. The number of hydrogen-bond donors (Lipinski definition) is 1. The van der Waals surface area contributed by atoms with Gasteiger partial charge in [0.2, 0.25) is 0 Å². The first-order valence-corrected chi connectivity index (χ1v) is 7.04. The zero-order valence-corrected chi connectivity index (χ0v) is 12.5. The van der Waals surface area contributed by atoms with E-state index in [2.05, 4.69) is 56.6 Å². The van der Waals surface area contributed by atoms with Crippen molar-refractivity contribution in [2.45, 2.75) is 33.2 Å². The summed E-state index contributed by atoms with van der Waals surface area (Å²) in [4.78, 5) is 4.77. The number of nitrogens with one attached hydrogen (secondary N) is 1. The summed E-state index contributed by atoms with van der Waals surface area (Å²) in [7, 11) is 1.97. The van der Waals surface area contributed by atoms with Gasteiger partial charge < -0.3 is 5.32 Å². The molecule has 18 heavy (non-hydrogen) atoms. The second-order valence-electron chi connectivity index (χ2n) is 5.23. The molecule has 0 fully saturated rings. The highest BCUT2D eigenvalue weighted by molar-refractivity contribution is 7.13. The lowest BCUT2D eigenvalue weighted by atomic mass is 10.0. The van der Waals surface area contributed by atoms with Gasteiger partial charge >= 0.3 is 0 Å². The maximum atomic E-state index is 4.77. The molecule has 1 heterocycles. The molecule has 1 aromatic carbocycles. The van der Waals surface area contributed by atoms with Crippen LogP contribution in [-0.4, -0.2) is 12.0 Å². The lowest BCUT2D eigenvalue weighted by molar-refractivity contribution is 0.434. The van der Waals surface area contributed by atoms with Gasteiger partial charge in [0.15, 0.2) is 0 Å². The molecule has 0 atom stereocenters. The molecular formula is C15H20N2S. The highest BCUT2D eigenvalue weighted by Gasteiger charge is 2.21. The highest BCUT2D eigenvalue weighted by Crippen LogP contribution is 2.30. The van der Waals surface area contributed by atoms with Crippen molar-refractivity contribution in [3.05, 3.63) is 40.4 Å². The molecule has 0 unspecified atom stereocenters. The molecule has 96 valence electrons. The Morgan fingerprint density at radius 3 is 2.56 bits per heavy atom. The van der Waals surface area contributed by atoms with Crippen LogP contribution in [0.5, 0.6) is 0 Å². The van der Waals surface area contributed by atoms with Crippen LogP contribution in [0.25, 0.3) is 10.6 Å². The van der Waals surface area contributed by atoms with E-state index in [1.165, 1.54) is 16.7 Å². The lowest BCUT2D eigenvalue weighted by Crippen LogP contribution is -2.33. The summed E-state index contributed by atoms with van der Waals surface area (Å²) >= 11 is 1.71. The molecule has 0 saturated carbocycles. The maximum Gasteiger partial charge on any atom is 0.123 e. The standard InChI is InChI=1S/C15H20N2S/c1-10-6-7-12(11(2)8-10)14-17-13(9-18-14)15(3,4)16-5/h6-9,16H,1-5H3. The van der Waals surface area contributed by atoms with E-state index in [1.54, 1.807) is 11.3 Å². The zero-order chi connectivity index (χ0) is 13.3. The number of rotatable bonds is 3. The Labute approximate surface area is 113 Å². The lowest BCUT2D eigenvalue weighted by Gasteiger charge is -2.21. The zero-order valence-electron chi connectivity index (χ0n) is 11.7. The van der Waals surface area contributed by atoms with Crippen molar-refractivity contribution in [3.63, 3.8) is 0 Å². The molecule has 2 aromatic rings. The predicted molar refractivity (Wildman–Crippen MR) is 79.1 cm³/mol. The van der Waals surface area contributed by atoms with Gasteiger partial charge in [0, 0.05) is 10.9 Å². The Morgan fingerprint density at radius 2 is 1.94 bits per heavy atom. The largest absolute Gasteiger partial charge is 0.310 e. The molecule has 2 rings (SSSR count). The first-order valence-electron chi connectivity index (χ1n) is 6.16. The molecule has 1 N–H and O–H groups in total. The molecule has 2 nitrogen and oxygen atoms in total. The molecule has 0 spiro atoms. The van der Waals surface area contributed by atoms with Gasteiger partial charge in [0.25, 0.3) is 0 Å². The van der Waals surface area contributed by atoms with Crippen LogP contribution in [0, 0.1) is 13.8 Å². The predicted octanol–water partition coefficient (Wildman–Crippen LogP) is 3.88. The molecule has 0 radical (unpaired) electrons. The van der Waals surface area contributed by atoms with Gasteiger partial charge in [-0.15, -0.1) is 11.3 Å². The molecule has 0 aliphatic heterocycles. The summed E-state index contributed by atoms with van der Waals surface area (Å²) in [5.41, 5.74) is 4.85. The van der Waals surface area contributed by atoms with Gasteiger partial charge in [0.05, 0.1) is 11.2 Å². The molecule has 1 aromatic heterocycles. The van der Waals surface area contributed by atoms with E-state index in [-0.39, 0.29) is 5.54 Å². The van der Waals surface area contributed by atoms with Crippen LogP contribution >= 0.6 is 11.3 Å². The Kier molecular flexibility index (Phi) is 3.55. The average Bonchev–Trinajstić information content (AvgIpc) is 2.79.